The minimum atomic E-state index is -0.726. The summed E-state index contributed by atoms with van der Waals surface area (Å²) in [4.78, 5) is 90.2. The number of fused-ring (bicyclic) bond motifs is 1. The Labute approximate surface area is 512 Å². The molecule has 11 rings (SSSR count). The summed E-state index contributed by atoms with van der Waals surface area (Å²) in [6, 6.07) is 0. The molecule has 2 saturated heterocycles. The molecule has 11 aliphatic rings. The van der Waals surface area contributed by atoms with Gasteiger partial charge in [-0.05, 0) is 213 Å². The first-order chi connectivity index (χ1) is 40.3. The lowest BCUT2D eigenvalue weighted by Crippen LogP contribution is -2.59. The van der Waals surface area contributed by atoms with Gasteiger partial charge in [0.15, 0.2) is 6.10 Å². The zero-order chi connectivity index (χ0) is 64.1. The Hall–Kier alpha value is -6.00. The van der Waals surface area contributed by atoms with Crippen LogP contribution in [0.4, 0.5) is 4.79 Å². The van der Waals surface area contributed by atoms with Crippen molar-refractivity contribution in [2.45, 2.75) is 252 Å². The maximum Gasteiger partial charge on any atom is 0.508 e. The molecule has 9 saturated carbocycles. The second-order valence-corrected chi connectivity index (χ2v) is 26.9. The summed E-state index contributed by atoms with van der Waals surface area (Å²) in [6.07, 6.45) is 21.6. The van der Waals surface area contributed by atoms with Gasteiger partial charge in [0.05, 0.1) is 5.92 Å². The van der Waals surface area contributed by atoms with E-state index in [1.54, 1.807) is 41.5 Å². The van der Waals surface area contributed by atoms with Gasteiger partial charge >= 0.3 is 47.9 Å². The standard InChI is InChI=1S/C16H24O2.C12H14O4.C12H20O2.C11H18O2.C10H16O2.C8H10O5/c1-4-16(18-15(17)10(2)3)13-6-11-5-12(8-13)9-14(16)7-11;1-5(2)11(13)15-9-6-3-7-8(4-6)12(14)16-10(7)9;1-9(2)11(13)14-12(10(3)4)7-5-6-8-12;1-4-11(7-5-6-8-11)13-10(12)9(2)3;1-8(2)9(11)12-10(3)6-4-5-7-10;1-5(2)7(9)11-3-6-4-12-8(10)13-6/h11-14H,2,4-9H2,1,3H3;6-10H,1,3-4H2,2H3;10H,1,5-8H2,2-4H3;2,4-8H2,1,3H3;1,4-7H2,2-3H3;6H,1,3-4H2,2H3. The third-order valence-corrected chi connectivity index (χ3v) is 19.4. The SMILES string of the molecule is C=C(C)C(=O)OC1(C(C)C)CCCC1.C=C(C)C(=O)OC1(C)CCCC1.C=C(C)C(=O)OC1(CC)C2CC3CC(C2)CC1C3.C=C(C)C(=O)OC1(CC)CCCC1.C=C(C)C(=O)OC1C2CC3C(=O)OC1C3C2.C=C(C)C(=O)OCC1COC(=O)O1. The quantitative estimate of drug-likeness (QED) is 0.0796. The number of carbonyl (C=O) groups excluding carboxylic acids is 8. The number of hydrogen-bond acceptors (Lipinski definition) is 17. The van der Waals surface area contributed by atoms with Crippen LogP contribution in [-0.4, -0.2) is 102 Å². The fourth-order valence-corrected chi connectivity index (χ4v) is 14.5. The molecule has 9 aliphatic carbocycles. The van der Waals surface area contributed by atoms with E-state index in [0.717, 1.165) is 76.0 Å². The van der Waals surface area contributed by atoms with Gasteiger partial charge in [0.1, 0.15) is 47.8 Å². The van der Waals surface area contributed by atoms with Gasteiger partial charge < -0.3 is 42.6 Å². The lowest BCUT2D eigenvalue weighted by Gasteiger charge is -2.60. The van der Waals surface area contributed by atoms with Gasteiger partial charge in [0.2, 0.25) is 0 Å². The molecule has 6 atom stereocenters. The molecule has 0 spiro atoms. The highest BCUT2D eigenvalue weighted by atomic mass is 16.8. The third-order valence-electron chi connectivity index (χ3n) is 19.4. The van der Waals surface area contributed by atoms with E-state index in [0.29, 0.717) is 57.1 Å². The minimum Gasteiger partial charge on any atom is -0.458 e. The van der Waals surface area contributed by atoms with Crippen LogP contribution in [0.25, 0.3) is 0 Å². The maximum atomic E-state index is 12.0. The third kappa shape index (κ3) is 18.3. The first kappa shape index (κ1) is 70.8. The highest BCUT2D eigenvalue weighted by Gasteiger charge is 2.63. The second kappa shape index (κ2) is 30.8. The molecule has 17 nitrogen and oxygen atoms in total. The van der Waals surface area contributed by atoms with Crippen LogP contribution in [-0.2, 0) is 76.2 Å². The average Bonchev–Trinajstić information content (AvgIpc) is 1.14. The summed E-state index contributed by atoms with van der Waals surface area (Å²) in [5.74, 6) is 2.22. The smallest absolute Gasteiger partial charge is 0.458 e. The second-order valence-electron chi connectivity index (χ2n) is 26.9. The van der Waals surface area contributed by atoms with Crippen LogP contribution >= 0.6 is 0 Å². The fraction of sp³-hybridized carbons (Fsp3) is 0.710. The minimum absolute atomic E-state index is 0.0113. The van der Waals surface area contributed by atoms with Gasteiger partial charge in [0.25, 0.3) is 0 Å². The lowest BCUT2D eigenvalue weighted by molar-refractivity contribution is -0.207. The Kier molecular flexibility index (Phi) is 25.3. The van der Waals surface area contributed by atoms with E-state index in [-0.39, 0.29) is 95.5 Å². The van der Waals surface area contributed by atoms with Crippen molar-refractivity contribution < 1.29 is 81.0 Å². The van der Waals surface area contributed by atoms with Crippen molar-refractivity contribution in [2.24, 2.45) is 47.3 Å². The topological polar surface area (TPSA) is 220 Å². The van der Waals surface area contributed by atoms with E-state index in [2.05, 4.69) is 76.6 Å². The van der Waals surface area contributed by atoms with E-state index in [9.17, 15) is 38.4 Å². The monoisotopic (exact) mass is 1200 g/mol. The van der Waals surface area contributed by atoms with Gasteiger partial charge in [-0.3, -0.25) is 4.79 Å². The van der Waals surface area contributed by atoms with Crippen LogP contribution in [0, 0.1) is 47.3 Å². The predicted molar refractivity (Wildman–Crippen MR) is 324 cm³/mol. The van der Waals surface area contributed by atoms with Gasteiger partial charge in [-0.1, -0.05) is 67.2 Å². The predicted octanol–water partition coefficient (Wildman–Crippen LogP) is 13.7. The molecule has 86 heavy (non-hydrogen) atoms. The molecule has 0 amide bonds. The molecule has 2 heterocycles. The molecule has 11 fully saturated rings. The molecule has 480 valence electrons. The Morgan fingerprint density at radius 2 is 1.01 bits per heavy atom. The van der Waals surface area contributed by atoms with Crippen LogP contribution in [0.3, 0.4) is 0 Å². The zero-order valence-corrected chi connectivity index (χ0v) is 53.8. The Morgan fingerprint density at radius 3 is 1.47 bits per heavy atom. The van der Waals surface area contributed by atoms with Crippen molar-refractivity contribution in [1.29, 1.82) is 0 Å². The van der Waals surface area contributed by atoms with E-state index in [4.69, 9.17) is 33.2 Å². The molecule has 17 heteroatoms. The molecule has 6 unspecified atom stereocenters. The number of ether oxygens (including phenoxy) is 9. The zero-order valence-electron chi connectivity index (χ0n) is 53.8. The van der Waals surface area contributed by atoms with Crippen molar-refractivity contribution in [3.63, 3.8) is 0 Å². The summed E-state index contributed by atoms with van der Waals surface area (Å²) in [5.41, 5.74) is 1.97. The van der Waals surface area contributed by atoms with Gasteiger partial charge in [-0.25, -0.2) is 33.6 Å². The number of carbonyl (C=O) groups is 8. The van der Waals surface area contributed by atoms with E-state index in [1.165, 1.54) is 70.6 Å². The molecule has 0 aromatic rings. The highest BCUT2D eigenvalue weighted by molar-refractivity contribution is 5.89. The first-order valence-electron chi connectivity index (χ1n) is 31.6. The normalized spacial score (nSPS) is 29.6. The maximum absolute atomic E-state index is 12.0. The summed E-state index contributed by atoms with van der Waals surface area (Å²) >= 11 is 0. The molecular weight excluding hydrogens is 1100 g/mol. The van der Waals surface area contributed by atoms with Crippen molar-refractivity contribution in [3.8, 4) is 0 Å². The molecule has 6 bridgehead atoms. The highest BCUT2D eigenvalue weighted by Crippen LogP contribution is 2.61. The molecule has 0 N–H and O–H groups in total. The van der Waals surface area contributed by atoms with Crippen LogP contribution in [0.2, 0.25) is 0 Å². The van der Waals surface area contributed by atoms with Crippen LogP contribution in [0.5, 0.6) is 0 Å². The Bertz CT molecular complexity index is 2520. The molecule has 0 aromatic carbocycles. The molecule has 2 aliphatic heterocycles. The van der Waals surface area contributed by atoms with E-state index in [1.807, 2.05) is 6.92 Å². The number of hydrogen-bond donors (Lipinski definition) is 0. The van der Waals surface area contributed by atoms with Gasteiger partial charge in [0, 0.05) is 45.3 Å². The van der Waals surface area contributed by atoms with E-state index >= 15 is 0 Å². The Morgan fingerprint density at radius 1 is 0.547 bits per heavy atom. The molecule has 0 aromatic heterocycles. The average molecular weight is 1200 g/mol. The van der Waals surface area contributed by atoms with Crippen molar-refractivity contribution in [1.82, 2.24) is 0 Å². The number of esters is 7. The fourth-order valence-electron chi connectivity index (χ4n) is 14.5. The van der Waals surface area contributed by atoms with Crippen molar-refractivity contribution in [3.05, 3.63) is 72.9 Å². The van der Waals surface area contributed by atoms with Crippen LogP contribution in [0.15, 0.2) is 72.9 Å². The van der Waals surface area contributed by atoms with E-state index < -0.39 is 18.2 Å². The summed E-state index contributed by atoms with van der Waals surface area (Å²) in [7, 11) is 0. The van der Waals surface area contributed by atoms with Crippen LogP contribution in [0.1, 0.15) is 211 Å². The summed E-state index contributed by atoms with van der Waals surface area (Å²) in [6.45, 7) is 42.1. The van der Waals surface area contributed by atoms with Crippen LogP contribution < -0.4 is 0 Å². The first-order valence-corrected chi connectivity index (χ1v) is 31.6. The summed E-state index contributed by atoms with van der Waals surface area (Å²) in [5, 5.41) is 0. The number of cyclic esters (lactones) is 2. The van der Waals surface area contributed by atoms with Crippen molar-refractivity contribution >= 4 is 47.9 Å². The van der Waals surface area contributed by atoms with Crippen molar-refractivity contribution in [2.75, 3.05) is 13.2 Å². The number of rotatable bonds is 16. The Balaban J connectivity index is 0.000000190. The molecular formula is C69H102O17. The largest absolute Gasteiger partial charge is 0.508 e. The van der Waals surface area contributed by atoms with Gasteiger partial charge in [-0.2, -0.15) is 0 Å². The summed E-state index contributed by atoms with van der Waals surface area (Å²) < 4.78 is 46.9. The molecule has 0 radical (unpaired) electrons. The van der Waals surface area contributed by atoms with Gasteiger partial charge in [-0.15, -0.1) is 0 Å². The lowest BCUT2D eigenvalue weighted by atomic mass is 9.49.